The predicted octanol–water partition coefficient (Wildman–Crippen LogP) is 4.68. The summed E-state index contributed by atoms with van der Waals surface area (Å²) in [6.07, 6.45) is 1.59. The van der Waals surface area contributed by atoms with Crippen molar-refractivity contribution in [1.29, 1.82) is 0 Å². The Morgan fingerprint density at radius 2 is 1.70 bits per heavy atom. The van der Waals surface area contributed by atoms with Gasteiger partial charge in [0.2, 0.25) is 0 Å². The van der Waals surface area contributed by atoms with Gasteiger partial charge in [0, 0.05) is 22.3 Å². The van der Waals surface area contributed by atoms with E-state index >= 15 is 0 Å². The summed E-state index contributed by atoms with van der Waals surface area (Å²) in [5.74, 6) is 0.805. The monoisotopic (exact) mass is 318 g/mol. The quantitative estimate of drug-likeness (QED) is 0.538. The fourth-order valence-electron chi connectivity index (χ4n) is 2.50. The van der Waals surface area contributed by atoms with Crippen LogP contribution in [0.1, 0.15) is 0 Å². The summed E-state index contributed by atoms with van der Waals surface area (Å²) in [5, 5.41) is 6.54. The molecule has 3 N–H and O–H groups in total. The van der Waals surface area contributed by atoms with Crippen LogP contribution in [0.4, 0.5) is 17.2 Å². The molecule has 5 heteroatoms. The summed E-state index contributed by atoms with van der Waals surface area (Å²) in [6.45, 7) is 0. The fourth-order valence-corrected chi connectivity index (χ4v) is 3.42. The molecule has 0 spiro atoms. The maximum atomic E-state index is 5.74. The van der Waals surface area contributed by atoms with Crippen molar-refractivity contribution in [3.8, 4) is 11.1 Å². The maximum absolute atomic E-state index is 5.74. The molecule has 0 atom stereocenters. The number of nitrogens with one attached hydrogen (secondary N) is 1. The van der Waals surface area contributed by atoms with Crippen LogP contribution in [0.5, 0.6) is 0 Å². The number of nitrogens with zero attached hydrogens (tertiary/aromatic N) is 2. The third-order valence-corrected chi connectivity index (χ3v) is 4.51. The van der Waals surface area contributed by atoms with Crippen LogP contribution in [0.25, 0.3) is 21.3 Å². The molecule has 0 bridgehead atoms. The molecule has 4 rings (SSSR count). The second-order valence-corrected chi connectivity index (χ2v) is 6.02. The highest BCUT2D eigenvalue weighted by molar-refractivity contribution is 7.17. The lowest BCUT2D eigenvalue weighted by atomic mass is 10.1. The van der Waals surface area contributed by atoms with Gasteiger partial charge in [-0.1, -0.05) is 30.3 Å². The van der Waals surface area contributed by atoms with E-state index in [0.717, 1.165) is 38.5 Å². The van der Waals surface area contributed by atoms with Gasteiger partial charge < -0.3 is 11.1 Å². The van der Waals surface area contributed by atoms with E-state index in [1.54, 1.807) is 17.7 Å². The Morgan fingerprint density at radius 3 is 2.48 bits per heavy atom. The number of hydrogen-bond acceptors (Lipinski definition) is 5. The second-order valence-electron chi connectivity index (χ2n) is 5.16. The van der Waals surface area contributed by atoms with Crippen molar-refractivity contribution in [2.24, 2.45) is 0 Å². The van der Waals surface area contributed by atoms with E-state index in [0.29, 0.717) is 0 Å². The van der Waals surface area contributed by atoms with Crippen LogP contribution >= 0.6 is 11.3 Å². The molecule has 112 valence electrons. The average molecular weight is 318 g/mol. The first-order chi connectivity index (χ1) is 11.3. The Bertz CT molecular complexity index is 946. The molecule has 0 saturated carbocycles. The number of benzene rings is 2. The molecule has 2 aromatic carbocycles. The van der Waals surface area contributed by atoms with Gasteiger partial charge in [-0.05, 0) is 29.8 Å². The summed E-state index contributed by atoms with van der Waals surface area (Å²) in [4.78, 5) is 9.80. The van der Waals surface area contributed by atoms with E-state index in [-0.39, 0.29) is 0 Å². The first kappa shape index (κ1) is 13.7. The zero-order chi connectivity index (χ0) is 15.6. The number of nitrogen functional groups attached to an aromatic ring is 1. The standard InChI is InChI=1S/C18H14N4S/c19-13-6-8-14(9-7-13)22-17-16-15(12-4-2-1-3-5-12)10-23-18(16)21-11-20-17/h1-11H,19H2,(H,20,21,22). The number of hydrogen-bond donors (Lipinski definition) is 2. The van der Waals surface area contributed by atoms with Crippen LogP contribution in [0, 0.1) is 0 Å². The normalized spacial score (nSPS) is 10.8. The molecular formula is C18H14N4S. The Kier molecular flexibility index (Phi) is 3.40. The minimum absolute atomic E-state index is 0.740. The summed E-state index contributed by atoms with van der Waals surface area (Å²) in [6, 6.07) is 17.9. The summed E-state index contributed by atoms with van der Waals surface area (Å²) in [5.41, 5.74) is 9.73. The minimum Gasteiger partial charge on any atom is -0.399 e. The molecule has 23 heavy (non-hydrogen) atoms. The van der Waals surface area contributed by atoms with Crippen molar-refractivity contribution in [3.05, 3.63) is 66.3 Å². The fraction of sp³-hybridized carbons (Fsp3) is 0. The van der Waals surface area contributed by atoms with E-state index in [4.69, 9.17) is 5.73 Å². The zero-order valence-electron chi connectivity index (χ0n) is 12.2. The van der Waals surface area contributed by atoms with Crippen LogP contribution in [-0.4, -0.2) is 9.97 Å². The summed E-state index contributed by atoms with van der Waals surface area (Å²) >= 11 is 1.62. The number of thiophene rings is 1. The Morgan fingerprint density at radius 1 is 0.913 bits per heavy atom. The Labute approximate surface area is 137 Å². The molecule has 2 aromatic heterocycles. The van der Waals surface area contributed by atoms with Gasteiger partial charge >= 0.3 is 0 Å². The highest BCUT2D eigenvalue weighted by atomic mass is 32.1. The molecule has 2 heterocycles. The van der Waals surface area contributed by atoms with Crippen LogP contribution in [-0.2, 0) is 0 Å². The third-order valence-electron chi connectivity index (χ3n) is 3.63. The van der Waals surface area contributed by atoms with Crippen molar-refractivity contribution >= 4 is 38.7 Å². The van der Waals surface area contributed by atoms with Gasteiger partial charge in [-0.15, -0.1) is 11.3 Å². The van der Waals surface area contributed by atoms with E-state index in [9.17, 15) is 0 Å². The zero-order valence-corrected chi connectivity index (χ0v) is 13.0. The lowest BCUT2D eigenvalue weighted by Gasteiger charge is -2.08. The summed E-state index contributed by atoms with van der Waals surface area (Å²) in [7, 11) is 0. The molecule has 0 radical (unpaired) electrons. The van der Waals surface area contributed by atoms with E-state index in [2.05, 4.69) is 32.8 Å². The van der Waals surface area contributed by atoms with Gasteiger partial charge in [-0.3, -0.25) is 0 Å². The highest BCUT2D eigenvalue weighted by Crippen LogP contribution is 2.37. The van der Waals surface area contributed by atoms with Crippen LogP contribution in [0.15, 0.2) is 66.3 Å². The number of aromatic nitrogens is 2. The van der Waals surface area contributed by atoms with Gasteiger partial charge in [-0.2, -0.15) is 0 Å². The maximum Gasteiger partial charge on any atom is 0.143 e. The van der Waals surface area contributed by atoms with Gasteiger partial charge in [0.15, 0.2) is 0 Å². The number of rotatable bonds is 3. The molecule has 4 aromatic rings. The number of nitrogens with two attached hydrogens (primary N) is 1. The first-order valence-corrected chi connectivity index (χ1v) is 8.09. The lowest BCUT2D eigenvalue weighted by Crippen LogP contribution is -1.96. The molecule has 0 fully saturated rings. The van der Waals surface area contributed by atoms with Crippen molar-refractivity contribution in [2.45, 2.75) is 0 Å². The molecule has 0 unspecified atom stereocenters. The molecular weight excluding hydrogens is 304 g/mol. The molecule has 4 nitrogen and oxygen atoms in total. The smallest absolute Gasteiger partial charge is 0.143 e. The van der Waals surface area contributed by atoms with Crippen LogP contribution < -0.4 is 11.1 Å². The third kappa shape index (κ3) is 2.62. The van der Waals surface area contributed by atoms with Crippen LogP contribution in [0.2, 0.25) is 0 Å². The van der Waals surface area contributed by atoms with E-state index < -0.39 is 0 Å². The van der Waals surface area contributed by atoms with Gasteiger partial charge in [0.25, 0.3) is 0 Å². The largest absolute Gasteiger partial charge is 0.399 e. The highest BCUT2D eigenvalue weighted by Gasteiger charge is 2.13. The average Bonchev–Trinajstić information content (AvgIpc) is 3.03. The first-order valence-electron chi connectivity index (χ1n) is 7.21. The number of anilines is 3. The molecule has 0 aliphatic heterocycles. The Hall–Kier alpha value is -2.92. The SMILES string of the molecule is Nc1ccc(Nc2ncnc3scc(-c4ccccc4)c23)cc1. The van der Waals surface area contributed by atoms with Gasteiger partial charge in [0.1, 0.15) is 17.0 Å². The van der Waals surface area contributed by atoms with Crippen molar-refractivity contribution < 1.29 is 0 Å². The topological polar surface area (TPSA) is 63.8 Å². The van der Waals surface area contributed by atoms with Gasteiger partial charge in [0.05, 0.1) is 5.39 Å². The predicted molar refractivity (Wildman–Crippen MR) is 97.0 cm³/mol. The lowest BCUT2D eigenvalue weighted by molar-refractivity contribution is 1.23. The molecule has 0 saturated heterocycles. The molecule has 0 aliphatic rings. The van der Waals surface area contributed by atoms with E-state index in [1.165, 1.54) is 0 Å². The Balaban J connectivity index is 1.83. The van der Waals surface area contributed by atoms with Crippen molar-refractivity contribution in [2.75, 3.05) is 11.1 Å². The number of fused-ring (bicyclic) bond motifs is 1. The van der Waals surface area contributed by atoms with Crippen molar-refractivity contribution in [1.82, 2.24) is 9.97 Å². The molecule has 0 aliphatic carbocycles. The minimum atomic E-state index is 0.740. The molecule has 0 amide bonds. The second kappa shape index (κ2) is 5.70. The van der Waals surface area contributed by atoms with Crippen molar-refractivity contribution in [3.63, 3.8) is 0 Å². The van der Waals surface area contributed by atoms with Crippen LogP contribution in [0.3, 0.4) is 0 Å². The summed E-state index contributed by atoms with van der Waals surface area (Å²) < 4.78 is 0. The van der Waals surface area contributed by atoms with Gasteiger partial charge in [-0.25, -0.2) is 9.97 Å². The van der Waals surface area contributed by atoms with E-state index in [1.807, 2.05) is 42.5 Å².